The van der Waals surface area contributed by atoms with Crippen LogP contribution in [-0.4, -0.2) is 53.5 Å². The fourth-order valence-corrected chi connectivity index (χ4v) is 2.41. The van der Waals surface area contributed by atoms with Gasteiger partial charge in [-0.1, -0.05) is 0 Å². The van der Waals surface area contributed by atoms with E-state index in [9.17, 15) is 4.79 Å². The van der Waals surface area contributed by atoms with Crippen LogP contribution in [0.25, 0.3) is 0 Å². The molecule has 1 aliphatic heterocycles. The number of hydrogen-bond acceptors (Lipinski definition) is 3. The zero-order valence-corrected chi connectivity index (χ0v) is 11.9. The lowest BCUT2D eigenvalue weighted by atomic mass is 9.95. The van der Waals surface area contributed by atoms with Crippen LogP contribution in [0.3, 0.4) is 0 Å². The Balaban J connectivity index is 2.54. The summed E-state index contributed by atoms with van der Waals surface area (Å²) in [5.41, 5.74) is 4.94. The maximum atomic E-state index is 11.4. The van der Waals surface area contributed by atoms with Gasteiger partial charge in [0, 0.05) is 25.2 Å². The van der Waals surface area contributed by atoms with Crippen LogP contribution < -0.4 is 5.73 Å². The van der Waals surface area contributed by atoms with Gasteiger partial charge in [-0.25, -0.2) is 0 Å². The summed E-state index contributed by atoms with van der Waals surface area (Å²) in [4.78, 5) is 16.0. The van der Waals surface area contributed by atoms with Crippen molar-refractivity contribution in [2.75, 3.05) is 20.1 Å². The SMILES string of the molecule is CC(C)N(C)C1CCN(C(C)(C)C(N)=O)CC1. The second-order valence-corrected chi connectivity index (χ2v) is 5.90. The van der Waals surface area contributed by atoms with Gasteiger partial charge < -0.3 is 10.6 Å². The van der Waals surface area contributed by atoms with Gasteiger partial charge in [0.15, 0.2) is 0 Å². The van der Waals surface area contributed by atoms with Gasteiger partial charge in [0.05, 0.1) is 5.54 Å². The minimum Gasteiger partial charge on any atom is -0.368 e. The molecule has 4 heteroatoms. The van der Waals surface area contributed by atoms with Crippen molar-refractivity contribution in [1.29, 1.82) is 0 Å². The number of nitrogens with two attached hydrogens (primary N) is 1. The van der Waals surface area contributed by atoms with Crippen LogP contribution in [0.5, 0.6) is 0 Å². The molecule has 1 aliphatic rings. The average Bonchev–Trinajstić information content (AvgIpc) is 2.27. The molecule has 0 bridgehead atoms. The largest absolute Gasteiger partial charge is 0.368 e. The average molecular weight is 241 g/mol. The number of likely N-dealkylation sites (tertiary alicyclic amines) is 1. The second-order valence-electron chi connectivity index (χ2n) is 5.90. The van der Waals surface area contributed by atoms with Crippen molar-refractivity contribution in [1.82, 2.24) is 9.80 Å². The first-order valence-electron chi connectivity index (χ1n) is 6.53. The molecule has 0 radical (unpaired) electrons. The van der Waals surface area contributed by atoms with E-state index >= 15 is 0 Å². The van der Waals surface area contributed by atoms with Crippen molar-refractivity contribution in [3.8, 4) is 0 Å². The van der Waals surface area contributed by atoms with Gasteiger partial charge in [-0.05, 0) is 47.6 Å². The molecule has 0 aliphatic carbocycles. The molecular weight excluding hydrogens is 214 g/mol. The van der Waals surface area contributed by atoms with E-state index in [0.717, 1.165) is 25.9 Å². The molecule has 2 N–H and O–H groups in total. The van der Waals surface area contributed by atoms with Crippen LogP contribution in [0.15, 0.2) is 0 Å². The van der Waals surface area contributed by atoms with Crippen molar-refractivity contribution in [3.63, 3.8) is 0 Å². The highest BCUT2D eigenvalue weighted by Crippen LogP contribution is 2.23. The van der Waals surface area contributed by atoms with Gasteiger partial charge in [-0.15, -0.1) is 0 Å². The first-order chi connectivity index (χ1) is 7.76. The van der Waals surface area contributed by atoms with Crippen molar-refractivity contribution < 1.29 is 4.79 Å². The van der Waals surface area contributed by atoms with Gasteiger partial charge in [0.2, 0.25) is 5.91 Å². The second kappa shape index (κ2) is 5.36. The number of primary amides is 1. The number of amides is 1. The zero-order chi connectivity index (χ0) is 13.2. The smallest absolute Gasteiger partial charge is 0.237 e. The molecule has 1 amide bonds. The van der Waals surface area contributed by atoms with E-state index in [0.29, 0.717) is 12.1 Å². The van der Waals surface area contributed by atoms with E-state index in [1.165, 1.54) is 0 Å². The number of rotatable bonds is 4. The van der Waals surface area contributed by atoms with Crippen LogP contribution in [-0.2, 0) is 4.79 Å². The van der Waals surface area contributed by atoms with E-state index < -0.39 is 5.54 Å². The standard InChI is InChI=1S/C13H27N3O/c1-10(2)15(5)11-6-8-16(9-7-11)13(3,4)12(14)17/h10-11H,6-9H2,1-5H3,(H2,14,17). The molecular formula is C13H27N3O. The van der Waals surface area contributed by atoms with E-state index in [2.05, 4.69) is 30.7 Å². The maximum absolute atomic E-state index is 11.4. The molecule has 1 heterocycles. The first kappa shape index (κ1) is 14.5. The summed E-state index contributed by atoms with van der Waals surface area (Å²) in [7, 11) is 2.18. The number of carbonyl (C=O) groups excluding carboxylic acids is 1. The Kier molecular flexibility index (Phi) is 4.55. The Morgan fingerprint density at radius 3 is 2.18 bits per heavy atom. The topological polar surface area (TPSA) is 49.6 Å². The third-order valence-corrected chi connectivity index (χ3v) is 4.25. The Bertz CT molecular complexity index is 268. The fraction of sp³-hybridized carbons (Fsp3) is 0.923. The maximum Gasteiger partial charge on any atom is 0.237 e. The summed E-state index contributed by atoms with van der Waals surface area (Å²) in [6.45, 7) is 10.2. The molecule has 1 saturated heterocycles. The van der Waals surface area contributed by atoms with E-state index in [1.54, 1.807) is 0 Å². The number of piperidine rings is 1. The summed E-state index contributed by atoms with van der Waals surface area (Å²) >= 11 is 0. The van der Waals surface area contributed by atoms with Crippen molar-refractivity contribution in [2.45, 2.75) is 58.2 Å². The third-order valence-electron chi connectivity index (χ3n) is 4.25. The van der Waals surface area contributed by atoms with Gasteiger partial charge in [0.25, 0.3) is 0 Å². The highest BCUT2D eigenvalue weighted by molar-refractivity contribution is 5.83. The molecule has 4 nitrogen and oxygen atoms in total. The Morgan fingerprint density at radius 1 is 1.35 bits per heavy atom. The fourth-order valence-electron chi connectivity index (χ4n) is 2.41. The number of carbonyl (C=O) groups is 1. The Labute approximate surface area is 105 Å². The molecule has 0 aromatic carbocycles. The molecule has 0 spiro atoms. The Hall–Kier alpha value is -0.610. The quantitative estimate of drug-likeness (QED) is 0.800. The van der Waals surface area contributed by atoms with E-state index in [4.69, 9.17) is 5.73 Å². The summed E-state index contributed by atoms with van der Waals surface area (Å²) in [6.07, 6.45) is 2.23. The minimum atomic E-state index is -0.513. The predicted molar refractivity (Wildman–Crippen MR) is 70.8 cm³/mol. The Morgan fingerprint density at radius 2 is 1.82 bits per heavy atom. The van der Waals surface area contributed by atoms with Crippen LogP contribution >= 0.6 is 0 Å². The normalized spacial score (nSPS) is 20.2. The molecule has 0 unspecified atom stereocenters. The lowest BCUT2D eigenvalue weighted by molar-refractivity contribution is -0.129. The highest BCUT2D eigenvalue weighted by atomic mass is 16.1. The number of hydrogen-bond donors (Lipinski definition) is 1. The molecule has 0 atom stereocenters. The summed E-state index contributed by atoms with van der Waals surface area (Å²) in [5.74, 6) is -0.229. The predicted octanol–water partition coefficient (Wildman–Crippen LogP) is 1.05. The minimum absolute atomic E-state index is 0.229. The van der Waals surface area contributed by atoms with Crippen LogP contribution in [0, 0.1) is 0 Å². The third kappa shape index (κ3) is 3.19. The van der Waals surface area contributed by atoms with Gasteiger partial charge in [-0.3, -0.25) is 9.69 Å². The van der Waals surface area contributed by atoms with Crippen LogP contribution in [0.1, 0.15) is 40.5 Å². The molecule has 0 aromatic rings. The molecule has 17 heavy (non-hydrogen) atoms. The molecule has 0 aromatic heterocycles. The molecule has 100 valence electrons. The summed E-state index contributed by atoms with van der Waals surface area (Å²) in [6, 6.07) is 1.21. The zero-order valence-electron chi connectivity index (χ0n) is 11.9. The lowest BCUT2D eigenvalue weighted by Gasteiger charge is -2.43. The van der Waals surface area contributed by atoms with Crippen molar-refractivity contribution in [2.24, 2.45) is 5.73 Å². The van der Waals surface area contributed by atoms with E-state index in [-0.39, 0.29) is 5.91 Å². The van der Waals surface area contributed by atoms with Crippen molar-refractivity contribution in [3.05, 3.63) is 0 Å². The first-order valence-corrected chi connectivity index (χ1v) is 6.53. The van der Waals surface area contributed by atoms with Gasteiger partial charge in [-0.2, -0.15) is 0 Å². The summed E-state index contributed by atoms with van der Waals surface area (Å²) in [5, 5.41) is 0. The highest BCUT2D eigenvalue weighted by Gasteiger charge is 2.35. The van der Waals surface area contributed by atoms with Crippen LogP contribution in [0.4, 0.5) is 0 Å². The monoisotopic (exact) mass is 241 g/mol. The molecule has 1 fully saturated rings. The molecule has 1 rings (SSSR count). The lowest BCUT2D eigenvalue weighted by Crippen LogP contribution is -2.57. The van der Waals surface area contributed by atoms with Gasteiger partial charge >= 0.3 is 0 Å². The summed E-state index contributed by atoms with van der Waals surface area (Å²) < 4.78 is 0. The van der Waals surface area contributed by atoms with E-state index in [1.807, 2.05) is 13.8 Å². The van der Waals surface area contributed by atoms with Crippen molar-refractivity contribution >= 4 is 5.91 Å². The molecule has 0 saturated carbocycles. The van der Waals surface area contributed by atoms with Gasteiger partial charge in [0.1, 0.15) is 0 Å². The number of nitrogens with zero attached hydrogens (tertiary/aromatic N) is 2. The van der Waals surface area contributed by atoms with Crippen LogP contribution in [0.2, 0.25) is 0 Å².